The predicted octanol–water partition coefficient (Wildman–Crippen LogP) is 5.86. The summed E-state index contributed by atoms with van der Waals surface area (Å²) >= 11 is 9.23. The molecule has 4 nitrogen and oxygen atoms in total. The molecule has 0 bridgehead atoms. The Balaban J connectivity index is 1.84. The molecule has 0 radical (unpaired) electrons. The van der Waals surface area contributed by atoms with Gasteiger partial charge in [0.05, 0.1) is 21.0 Å². The maximum absolute atomic E-state index is 13.2. The molecule has 160 valence electrons. The van der Waals surface area contributed by atoms with Crippen molar-refractivity contribution in [3.8, 4) is 0 Å². The summed E-state index contributed by atoms with van der Waals surface area (Å²) in [5.41, 5.74) is 1.88. The summed E-state index contributed by atoms with van der Waals surface area (Å²) in [6.07, 6.45) is 0. The third-order valence-corrected chi connectivity index (χ3v) is 7.46. The summed E-state index contributed by atoms with van der Waals surface area (Å²) in [6, 6.07) is 10.0. The van der Waals surface area contributed by atoms with Gasteiger partial charge in [0.25, 0.3) is 0 Å². The number of halogens is 2. The molecule has 0 aliphatic carbocycles. The van der Waals surface area contributed by atoms with Crippen molar-refractivity contribution in [3.05, 3.63) is 52.8 Å². The van der Waals surface area contributed by atoms with Gasteiger partial charge >= 0.3 is 0 Å². The van der Waals surface area contributed by atoms with E-state index in [4.69, 9.17) is 16.6 Å². The van der Waals surface area contributed by atoms with E-state index in [0.29, 0.717) is 16.7 Å². The van der Waals surface area contributed by atoms with Crippen molar-refractivity contribution in [2.24, 2.45) is 0 Å². The van der Waals surface area contributed by atoms with Gasteiger partial charge in [0, 0.05) is 18.0 Å². The molecule has 1 heterocycles. The zero-order chi connectivity index (χ0) is 21.7. The quantitative estimate of drug-likeness (QED) is 0.370. The van der Waals surface area contributed by atoms with Crippen LogP contribution in [0.3, 0.4) is 0 Å². The van der Waals surface area contributed by atoms with Gasteiger partial charge in [-0.15, -0.1) is 11.8 Å². The van der Waals surface area contributed by atoms with Crippen molar-refractivity contribution in [2.75, 3.05) is 36.8 Å². The maximum Gasteiger partial charge on any atom is 0.239 e. The first kappa shape index (κ1) is 23.0. The van der Waals surface area contributed by atoms with Crippen LogP contribution in [0.5, 0.6) is 0 Å². The van der Waals surface area contributed by atoms with Crippen molar-refractivity contribution in [1.29, 1.82) is 0 Å². The number of fused-ring (bicyclic) bond motifs is 1. The van der Waals surface area contributed by atoms with Crippen molar-refractivity contribution in [1.82, 2.24) is 9.88 Å². The van der Waals surface area contributed by atoms with E-state index >= 15 is 0 Å². The third-order valence-electron chi connectivity index (χ3n) is 4.93. The number of likely N-dealkylation sites (N-methyl/N-ethyl adjacent to an activating group) is 1. The molecule has 0 saturated carbocycles. The second kappa shape index (κ2) is 10.6. The molecule has 8 heteroatoms. The molecule has 0 unspecified atom stereocenters. The number of aromatic nitrogens is 1. The molecule has 0 fully saturated rings. The Labute approximate surface area is 190 Å². The van der Waals surface area contributed by atoms with E-state index in [2.05, 4.69) is 18.7 Å². The van der Waals surface area contributed by atoms with Crippen LogP contribution in [0.2, 0.25) is 5.02 Å². The van der Waals surface area contributed by atoms with E-state index in [0.717, 1.165) is 40.3 Å². The number of benzene rings is 2. The summed E-state index contributed by atoms with van der Waals surface area (Å²) in [5, 5.41) is 1.31. The predicted molar refractivity (Wildman–Crippen MR) is 127 cm³/mol. The van der Waals surface area contributed by atoms with Gasteiger partial charge in [-0.05, 0) is 55.9 Å². The van der Waals surface area contributed by atoms with Gasteiger partial charge in [-0.3, -0.25) is 9.69 Å². The number of hydrogen-bond acceptors (Lipinski definition) is 5. The molecular formula is C22H25ClFN3OS2. The number of amides is 1. The zero-order valence-corrected chi connectivity index (χ0v) is 19.7. The molecule has 3 aromatic rings. The van der Waals surface area contributed by atoms with E-state index in [-0.39, 0.29) is 17.5 Å². The Hall–Kier alpha value is -1.67. The molecule has 1 amide bonds. The molecular weight excluding hydrogens is 441 g/mol. The minimum Gasteiger partial charge on any atom is -0.302 e. The van der Waals surface area contributed by atoms with Crippen LogP contribution < -0.4 is 4.90 Å². The normalized spacial score (nSPS) is 11.4. The molecule has 0 spiro atoms. The highest BCUT2D eigenvalue weighted by molar-refractivity contribution is 8.00. The molecule has 30 heavy (non-hydrogen) atoms. The number of anilines is 1. The molecule has 2 aromatic carbocycles. The Bertz CT molecular complexity index is 967. The van der Waals surface area contributed by atoms with E-state index < -0.39 is 0 Å². The fraction of sp³-hybridized carbons (Fsp3) is 0.364. The van der Waals surface area contributed by atoms with Crippen molar-refractivity contribution < 1.29 is 9.18 Å². The Kier molecular flexibility index (Phi) is 8.11. The lowest BCUT2D eigenvalue weighted by Crippen LogP contribution is -2.39. The molecule has 0 aliphatic heterocycles. The van der Waals surface area contributed by atoms with Gasteiger partial charge in [-0.1, -0.05) is 42.9 Å². The van der Waals surface area contributed by atoms with Crippen molar-refractivity contribution in [3.63, 3.8) is 0 Å². The van der Waals surface area contributed by atoms with Crippen LogP contribution in [0.25, 0.3) is 10.2 Å². The van der Waals surface area contributed by atoms with E-state index in [1.54, 1.807) is 17.0 Å². The molecule has 0 saturated heterocycles. The highest BCUT2D eigenvalue weighted by Gasteiger charge is 2.22. The molecule has 3 rings (SSSR count). The Morgan fingerprint density at radius 3 is 2.47 bits per heavy atom. The highest BCUT2D eigenvalue weighted by Crippen LogP contribution is 2.36. The molecule has 0 atom stereocenters. The van der Waals surface area contributed by atoms with Crippen LogP contribution in [0.4, 0.5) is 9.52 Å². The van der Waals surface area contributed by atoms with Gasteiger partial charge in [0.15, 0.2) is 5.13 Å². The molecule has 1 aromatic heterocycles. The average molecular weight is 466 g/mol. The van der Waals surface area contributed by atoms with Gasteiger partial charge in [0.1, 0.15) is 5.82 Å². The number of hydrogen-bond donors (Lipinski definition) is 0. The molecule has 0 aliphatic rings. The van der Waals surface area contributed by atoms with Crippen LogP contribution >= 0.6 is 34.7 Å². The van der Waals surface area contributed by atoms with Gasteiger partial charge in [-0.2, -0.15) is 0 Å². The topological polar surface area (TPSA) is 36.4 Å². The summed E-state index contributed by atoms with van der Waals surface area (Å²) in [6.45, 7) is 9.39. The Morgan fingerprint density at radius 1 is 1.13 bits per heavy atom. The maximum atomic E-state index is 13.2. The molecule has 0 N–H and O–H groups in total. The number of rotatable bonds is 9. The standard InChI is InChI=1S/C22H25ClFN3OS2/c1-4-26(5-2)12-13-27(19(28)14-29-17-9-7-16(24)8-10-17)22-25-20-15(3)6-11-18(23)21(20)30-22/h6-11H,4-5,12-14H2,1-3H3. The van der Waals surface area contributed by atoms with Crippen molar-refractivity contribution in [2.45, 2.75) is 25.7 Å². The van der Waals surface area contributed by atoms with Crippen LogP contribution in [0, 0.1) is 12.7 Å². The number of nitrogens with zero attached hydrogens (tertiary/aromatic N) is 3. The second-order valence-electron chi connectivity index (χ2n) is 6.85. The first-order valence-corrected chi connectivity index (χ1v) is 12.1. The monoisotopic (exact) mass is 465 g/mol. The van der Waals surface area contributed by atoms with E-state index in [1.165, 1.54) is 35.2 Å². The van der Waals surface area contributed by atoms with Gasteiger partial charge in [0.2, 0.25) is 5.91 Å². The zero-order valence-electron chi connectivity index (χ0n) is 17.3. The minimum absolute atomic E-state index is 0.0238. The second-order valence-corrected chi connectivity index (χ2v) is 9.29. The minimum atomic E-state index is -0.284. The SMILES string of the molecule is CCN(CC)CCN(C(=O)CSc1ccc(F)cc1)c1nc2c(C)ccc(Cl)c2s1. The summed E-state index contributed by atoms with van der Waals surface area (Å²) in [4.78, 5) is 22.8. The average Bonchev–Trinajstić information content (AvgIpc) is 3.20. The lowest BCUT2D eigenvalue weighted by Gasteiger charge is -2.24. The van der Waals surface area contributed by atoms with Crippen LogP contribution in [-0.4, -0.2) is 47.7 Å². The van der Waals surface area contributed by atoms with E-state index in [1.807, 2.05) is 19.1 Å². The number of carbonyl (C=O) groups is 1. The number of carbonyl (C=O) groups excluding carboxylic acids is 1. The van der Waals surface area contributed by atoms with Crippen LogP contribution in [0.1, 0.15) is 19.4 Å². The highest BCUT2D eigenvalue weighted by atomic mass is 35.5. The van der Waals surface area contributed by atoms with Gasteiger partial charge in [-0.25, -0.2) is 9.37 Å². The largest absolute Gasteiger partial charge is 0.302 e. The summed E-state index contributed by atoms with van der Waals surface area (Å²) in [7, 11) is 0. The number of aryl methyl sites for hydroxylation is 1. The smallest absolute Gasteiger partial charge is 0.239 e. The fourth-order valence-electron chi connectivity index (χ4n) is 3.07. The number of thiazole rings is 1. The third kappa shape index (κ3) is 5.52. The van der Waals surface area contributed by atoms with Crippen molar-refractivity contribution >= 4 is 56.0 Å². The Morgan fingerprint density at radius 2 is 1.83 bits per heavy atom. The number of thioether (sulfide) groups is 1. The van der Waals surface area contributed by atoms with Crippen LogP contribution in [-0.2, 0) is 4.79 Å². The first-order chi connectivity index (χ1) is 14.4. The summed E-state index contributed by atoms with van der Waals surface area (Å²) < 4.78 is 14.0. The lowest BCUT2D eigenvalue weighted by atomic mass is 10.2. The van der Waals surface area contributed by atoms with Crippen LogP contribution in [0.15, 0.2) is 41.3 Å². The fourth-order valence-corrected chi connectivity index (χ4v) is 5.20. The first-order valence-electron chi connectivity index (χ1n) is 9.89. The van der Waals surface area contributed by atoms with Gasteiger partial charge < -0.3 is 4.90 Å². The summed E-state index contributed by atoms with van der Waals surface area (Å²) in [5.74, 6) is -0.0513. The van der Waals surface area contributed by atoms with E-state index in [9.17, 15) is 9.18 Å². The lowest BCUT2D eigenvalue weighted by molar-refractivity contribution is -0.116.